The molecule has 3 nitrogen and oxygen atoms in total. The standard InChI is InChI=1S/C18H19N3/c1-2-13-6-3-4-7-14(13)12-21-17-10-9-16(19)15-8-5-11-20-18(15)17/h3-11,21H,2,12,19H2,1H3. The highest BCUT2D eigenvalue weighted by Gasteiger charge is 2.06. The predicted octanol–water partition coefficient (Wildman–Crippen LogP) is 3.99. The van der Waals surface area contributed by atoms with Gasteiger partial charge in [0.15, 0.2) is 0 Å². The minimum absolute atomic E-state index is 0.762. The third kappa shape index (κ3) is 2.68. The zero-order valence-corrected chi connectivity index (χ0v) is 12.1. The van der Waals surface area contributed by atoms with Crippen molar-refractivity contribution in [3.05, 3.63) is 65.9 Å². The number of hydrogen-bond acceptors (Lipinski definition) is 3. The van der Waals surface area contributed by atoms with Gasteiger partial charge < -0.3 is 11.1 Å². The van der Waals surface area contributed by atoms with Crippen molar-refractivity contribution in [3.63, 3.8) is 0 Å². The Morgan fingerprint density at radius 2 is 1.81 bits per heavy atom. The fourth-order valence-corrected chi connectivity index (χ4v) is 2.60. The molecule has 3 aromatic rings. The molecule has 2 aromatic carbocycles. The minimum Gasteiger partial charge on any atom is -0.398 e. The van der Waals surface area contributed by atoms with Gasteiger partial charge in [-0.05, 0) is 41.8 Å². The molecule has 0 spiro atoms. The summed E-state index contributed by atoms with van der Waals surface area (Å²) in [6, 6.07) is 16.3. The molecule has 0 aliphatic rings. The van der Waals surface area contributed by atoms with Crippen molar-refractivity contribution in [1.82, 2.24) is 4.98 Å². The number of nitrogens with two attached hydrogens (primary N) is 1. The van der Waals surface area contributed by atoms with Crippen molar-refractivity contribution in [2.24, 2.45) is 0 Å². The maximum atomic E-state index is 6.01. The number of nitrogen functional groups attached to an aromatic ring is 1. The summed E-state index contributed by atoms with van der Waals surface area (Å²) in [6.45, 7) is 2.97. The van der Waals surface area contributed by atoms with Crippen molar-refractivity contribution in [2.45, 2.75) is 19.9 Å². The van der Waals surface area contributed by atoms with Gasteiger partial charge in [-0.15, -0.1) is 0 Å². The molecule has 106 valence electrons. The molecule has 3 N–H and O–H groups in total. The molecule has 0 bridgehead atoms. The van der Waals surface area contributed by atoms with Gasteiger partial charge in [0, 0.05) is 23.8 Å². The van der Waals surface area contributed by atoms with Crippen LogP contribution in [-0.4, -0.2) is 4.98 Å². The van der Waals surface area contributed by atoms with Crippen molar-refractivity contribution in [3.8, 4) is 0 Å². The Morgan fingerprint density at radius 3 is 2.62 bits per heavy atom. The Bertz CT molecular complexity index is 765. The minimum atomic E-state index is 0.762. The lowest BCUT2D eigenvalue weighted by Gasteiger charge is -2.12. The van der Waals surface area contributed by atoms with Gasteiger partial charge in [0.2, 0.25) is 0 Å². The molecule has 3 rings (SSSR count). The van der Waals surface area contributed by atoms with Crippen molar-refractivity contribution in [2.75, 3.05) is 11.1 Å². The molecule has 1 aromatic heterocycles. The molecule has 3 heteroatoms. The summed E-state index contributed by atoms with van der Waals surface area (Å²) in [5.74, 6) is 0. The molecule has 21 heavy (non-hydrogen) atoms. The summed E-state index contributed by atoms with van der Waals surface area (Å²) in [7, 11) is 0. The SMILES string of the molecule is CCc1ccccc1CNc1ccc(N)c2cccnc12. The number of nitrogens with one attached hydrogen (secondary N) is 1. The normalized spacial score (nSPS) is 10.7. The number of fused-ring (bicyclic) bond motifs is 1. The first kappa shape index (κ1) is 13.4. The lowest BCUT2D eigenvalue weighted by Crippen LogP contribution is -2.04. The molecule has 0 saturated heterocycles. The Morgan fingerprint density at radius 1 is 1.00 bits per heavy atom. The van der Waals surface area contributed by atoms with E-state index in [4.69, 9.17) is 5.73 Å². The molecule has 1 heterocycles. The number of anilines is 2. The van der Waals surface area contributed by atoms with Gasteiger partial charge in [-0.1, -0.05) is 31.2 Å². The van der Waals surface area contributed by atoms with Crippen LogP contribution in [0.3, 0.4) is 0 Å². The first-order valence-corrected chi connectivity index (χ1v) is 7.23. The van der Waals surface area contributed by atoms with Gasteiger partial charge in [0.05, 0.1) is 11.2 Å². The third-order valence-electron chi connectivity index (χ3n) is 3.77. The van der Waals surface area contributed by atoms with Crippen LogP contribution in [0.1, 0.15) is 18.1 Å². The van der Waals surface area contributed by atoms with E-state index in [1.807, 2.05) is 24.3 Å². The number of hydrogen-bond donors (Lipinski definition) is 2. The molecule has 0 amide bonds. The van der Waals surface area contributed by atoms with Crippen LogP contribution in [-0.2, 0) is 13.0 Å². The average Bonchev–Trinajstić information content (AvgIpc) is 2.55. The summed E-state index contributed by atoms with van der Waals surface area (Å²) in [6.07, 6.45) is 2.84. The van der Waals surface area contributed by atoms with Crippen molar-refractivity contribution >= 4 is 22.3 Å². The molecular weight excluding hydrogens is 258 g/mol. The van der Waals surface area contributed by atoms with Gasteiger partial charge in [-0.2, -0.15) is 0 Å². The number of rotatable bonds is 4. The Kier molecular flexibility index (Phi) is 3.73. The second kappa shape index (κ2) is 5.83. The number of nitrogens with zero attached hydrogens (tertiary/aromatic N) is 1. The Balaban J connectivity index is 1.91. The second-order valence-electron chi connectivity index (χ2n) is 5.08. The van der Waals surface area contributed by atoms with Crippen LogP contribution in [0.25, 0.3) is 10.9 Å². The zero-order chi connectivity index (χ0) is 14.7. The van der Waals surface area contributed by atoms with E-state index in [0.29, 0.717) is 0 Å². The van der Waals surface area contributed by atoms with Crippen LogP contribution in [0.2, 0.25) is 0 Å². The van der Waals surface area contributed by atoms with Gasteiger partial charge >= 0.3 is 0 Å². The van der Waals surface area contributed by atoms with E-state index in [1.54, 1.807) is 6.20 Å². The highest BCUT2D eigenvalue weighted by molar-refractivity contribution is 5.98. The predicted molar refractivity (Wildman–Crippen MR) is 89.3 cm³/mol. The monoisotopic (exact) mass is 277 g/mol. The number of benzene rings is 2. The van der Waals surface area contributed by atoms with Gasteiger partial charge in [0.1, 0.15) is 0 Å². The number of aromatic nitrogens is 1. The largest absolute Gasteiger partial charge is 0.398 e. The zero-order valence-electron chi connectivity index (χ0n) is 12.1. The molecule has 0 atom stereocenters. The van der Waals surface area contributed by atoms with Crippen LogP contribution in [0.5, 0.6) is 0 Å². The lowest BCUT2D eigenvalue weighted by molar-refractivity contribution is 1.04. The maximum absolute atomic E-state index is 6.01. The molecular formula is C18H19N3. The van der Waals surface area contributed by atoms with Gasteiger partial charge in [-0.3, -0.25) is 4.98 Å². The van der Waals surface area contributed by atoms with E-state index >= 15 is 0 Å². The molecule has 0 fully saturated rings. The van der Waals surface area contributed by atoms with Gasteiger partial charge in [0.25, 0.3) is 0 Å². The smallest absolute Gasteiger partial charge is 0.0953 e. The molecule has 0 unspecified atom stereocenters. The highest BCUT2D eigenvalue weighted by Crippen LogP contribution is 2.26. The third-order valence-corrected chi connectivity index (χ3v) is 3.77. The first-order chi connectivity index (χ1) is 10.3. The molecule has 0 aliphatic heterocycles. The van der Waals surface area contributed by atoms with E-state index in [2.05, 4.69) is 41.5 Å². The van der Waals surface area contributed by atoms with Gasteiger partial charge in [-0.25, -0.2) is 0 Å². The highest BCUT2D eigenvalue weighted by atomic mass is 14.9. The quantitative estimate of drug-likeness (QED) is 0.709. The summed E-state index contributed by atoms with van der Waals surface area (Å²) in [5.41, 5.74) is 11.4. The second-order valence-corrected chi connectivity index (χ2v) is 5.08. The van der Waals surface area contributed by atoms with E-state index < -0.39 is 0 Å². The summed E-state index contributed by atoms with van der Waals surface area (Å²) in [4.78, 5) is 4.45. The fraction of sp³-hybridized carbons (Fsp3) is 0.167. The topological polar surface area (TPSA) is 50.9 Å². The van der Waals surface area contributed by atoms with E-state index in [9.17, 15) is 0 Å². The van der Waals surface area contributed by atoms with Crippen LogP contribution in [0.4, 0.5) is 11.4 Å². The lowest BCUT2D eigenvalue weighted by atomic mass is 10.1. The van der Waals surface area contributed by atoms with E-state index in [1.165, 1.54) is 11.1 Å². The van der Waals surface area contributed by atoms with E-state index in [-0.39, 0.29) is 0 Å². The molecule has 0 radical (unpaired) electrons. The van der Waals surface area contributed by atoms with Crippen LogP contribution in [0, 0.1) is 0 Å². The molecule has 0 aliphatic carbocycles. The Hall–Kier alpha value is -2.55. The van der Waals surface area contributed by atoms with Crippen molar-refractivity contribution in [1.29, 1.82) is 0 Å². The first-order valence-electron chi connectivity index (χ1n) is 7.23. The van der Waals surface area contributed by atoms with Crippen molar-refractivity contribution < 1.29 is 0 Å². The Labute approximate surface area is 124 Å². The number of pyridine rings is 1. The average molecular weight is 277 g/mol. The summed E-state index contributed by atoms with van der Waals surface area (Å²) < 4.78 is 0. The maximum Gasteiger partial charge on any atom is 0.0953 e. The summed E-state index contributed by atoms with van der Waals surface area (Å²) in [5, 5.41) is 4.48. The van der Waals surface area contributed by atoms with Crippen LogP contribution < -0.4 is 11.1 Å². The number of aryl methyl sites for hydroxylation is 1. The van der Waals surface area contributed by atoms with E-state index in [0.717, 1.165) is 35.2 Å². The summed E-state index contributed by atoms with van der Waals surface area (Å²) >= 11 is 0. The molecule has 0 saturated carbocycles. The fourth-order valence-electron chi connectivity index (χ4n) is 2.60. The van der Waals surface area contributed by atoms with Crippen LogP contribution in [0.15, 0.2) is 54.7 Å². The van der Waals surface area contributed by atoms with Crippen LogP contribution >= 0.6 is 0 Å².